The van der Waals surface area contributed by atoms with Gasteiger partial charge in [-0.25, -0.2) is 4.68 Å². The molecule has 2 unspecified atom stereocenters. The van der Waals surface area contributed by atoms with Crippen molar-refractivity contribution in [3.63, 3.8) is 0 Å². The van der Waals surface area contributed by atoms with Crippen LogP contribution in [0.4, 0.5) is 0 Å². The molecule has 0 radical (unpaired) electrons. The Hall–Kier alpha value is -1.23. The van der Waals surface area contributed by atoms with E-state index in [1.54, 1.807) is 10.9 Å². The third kappa shape index (κ3) is 1.43. The maximum absolute atomic E-state index is 11.3. The maximum Gasteiger partial charge on any atom is 0.126 e. The summed E-state index contributed by atoms with van der Waals surface area (Å²) in [7, 11) is -0.935. The van der Waals surface area contributed by atoms with Crippen LogP contribution in [0.2, 0.25) is 0 Å². The molecule has 5 heteroatoms. The standard InChI is InChI=1S/C9H11N3OS/c1-7(14(2)13)12-9-6-4-3-5-8(9)10-11-12/h3-7H,1-2H3. The molecule has 0 aliphatic heterocycles. The highest BCUT2D eigenvalue weighted by molar-refractivity contribution is 7.84. The number of hydrogen-bond acceptors (Lipinski definition) is 3. The number of aromatic nitrogens is 3. The van der Waals surface area contributed by atoms with Crippen LogP contribution >= 0.6 is 0 Å². The Balaban J connectivity index is 2.58. The van der Waals surface area contributed by atoms with Crippen molar-refractivity contribution in [2.24, 2.45) is 0 Å². The molecule has 0 aliphatic rings. The first kappa shape index (κ1) is 9.33. The van der Waals surface area contributed by atoms with Gasteiger partial charge in [-0.05, 0) is 19.1 Å². The minimum atomic E-state index is -0.935. The van der Waals surface area contributed by atoms with Crippen LogP contribution in [0, 0.1) is 0 Å². The lowest BCUT2D eigenvalue weighted by atomic mass is 10.3. The highest BCUT2D eigenvalue weighted by atomic mass is 32.2. The van der Waals surface area contributed by atoms with Crippen LogP contribution in [-0.2, 0) is 10.8 Å². The number of nitrogens with zero attached hydrogens (tertiary/aromatic N) is 3. The van der Waals surface area contributed by atoms with E-state index in [1.807, 2.05) is 31.2 Å². The van der Waals surface area contributed by atoms with Crippen LogP contribution in [0.1, 0.15) is 12.3 Å². The normalized spacial score (nSPS) is 15.6. The van der Waals surface area contributed by atoms with Crippen LogP contribution in [0.5, 0.6) is 0 Å². The lowest BCUT2D eigenvalue weighted by Crippen LogP contribution is -2.11. The van der Waals surface area contributed by atoms with Crippen molar-refractivity contribution in [3.8, 4) is 0 Å². The monoisotopic (exact) mass is 209 g/mol. The van der Waals surface area contributed by atoms with Crippen molar-refractivity contribution in [3.05, 3.63) is 24.3 Å². The quantitative estimate of drug-likeness (QED) is 0.749. The number of fused-ring (bicyclic) bond motifs is 1. The molecule has 2 rings (SSSR count). The minimum Gasteiger partial charge on any atom is -0.258 e. The third-order valence-electron chi connectivity index (χ3n) is 2.20. The molecule has 1 heterocycles. The molecule has 2 aromatic rings. The Labute approximate surface area is 84.4 Å². The van der Waals surface area contributed by atoms with Crippen molar-refractivity contribution in [2.75, 3.05) is 6.26 Å². The van der Waals surface area contributed by atoms with E-state index in [4.69, 9.17) is 0 Å². The van der Waals surface area contributed by atoms with Crippen LogP contribution in [0.25, 0.3) is 11.0 Å². The molecular weight excluding hydrogens is 198 g/mol. The summed E-state index contributed by atoms with van der Waals surface area (Å²) in [5, 5.41) is 7.85. The fourth-order valence-electron chi connectivity index (χ4n) is 1.30. The van der Waals surface area contributed by atoms with Gasteiger partial charge in [0, 0.05) is 17.1 Å². The highest BCUT2D eigenvalue weighted by Gasteiger charge is 2.12. The third-order valence-corrected chi connectivity index (χ3v) is 3.36. The molecule has 0 N–H and O–H groups in total. The molecule has 0 fully saturated rings. The Morgan fingerprint density at radius 2 is 2.14 bits per heavy atom. The van der Waals surface area contributed by atoms with E-state index >= 15 is 0 Å². The molecule has 2 atom stereocenters. The second-order valence-electron chi connectivity index (χ2n) is 3.12. The first-order chi connectivity index (χ1) is 6.70. The zero-order valence-corrected chi connectivity index (χ0v) is 8.86. The second kappa shape index (κ2) is 3.49. The second-order valence-corrected chi connectivity index (χ2v) is 4.80. The maximum atomic E-state index is 11.3. The Kier molecular flexibility index (Phi) is 2.33. The molecule has 1 aromatic carbocycles. The molecule has 4 nitrogen and oxygen atoms in total. The molecule has 74 valence electrons. The minimum absolute atomic E-state index is 0.137. The molecule has 0 saturated heterocycles. The van der Waals surface area contributed by atoms with Crippen molar-refractivity contribution < 1.29 is 4.21 Å². The number of hydrogen-bond donors (Lipinski definition) is 0. The van der Waals surface area contributed by atoms with Gasteiger partial charge in [0.1, 0.15) is 10.9 Å². The zero-order valence-electron chi connectivity index (χ0n) is 8.04. The van der Waals surface area contributed by atoms with Crippen LogP contribution < -0.4 is 0 Å². The van der Waals surface area contributed by atoms with Crippen molar-refractivity contribution in [1.82, 2.24) is 15.0 Å². The predicted octanol–water partition coefficient (Wildman–Crippen LogP) is 1.33. The first-order valence-electron chi connectivity index (χ1n) is 4.32. The summed E-state index contributed by atoms with van der Waals surface area (Å²) in [6.45, 7) is 1.87. The van der Waals surface area contributed by atoms with E-state index in [0.717, 1.165) is 11.0 Å². The van der Waals surface area contributed by atoms with E-state index in [-0.39, 0.29) is 5.37 Å². The van der Waals surface area contributed by atoms with Gasteiger partial charge >= 0.3 is 0 Å². The molecule has 0 spiro atoms. The average molecular weight is 209 g/mol. The molecule has 14 heavy (non-hydrogen) atoms. The van der Waals surface area contributed by atoms with Crippen molar-refractivity contribution in [2.45, 2.75) is 12.3 Å². The van der Waals surface area contributed by atoms with Gasteiger partial charge in [-0.1, -0.05) is 17.3 Å². The van der Waals surface area contributed by atoms with Gasteiger partial charge in [-0.2, -0.15) is 0 Å². The lowest BCUT2D eigenvalue weighted by molar-refractivity contribution is 0.598. The number of para-hydroxylation sites is 1. The van der Waals surface area contributed by atoms with Gasteiger partial charge < -0.3 is 0 Å². The van der Waals surface area contributed by atoms with Crippen molar-refractivity contribution >= 4 is 21.8 Å². The van der Waals surface area contributed by atoms with E-state index in [0.29, 0.717) is 0 Å². The summed E-state index contributed by atoms with van der Waals surface area (Å²) in [5.74, 6) is 0. The van der Waals surface area contributed by atoms with E-state index < -0.39 is 10.8 Å². The molecular formula is C9H11N3OS. The van der Waals surface area contributed by atoms with Crippen LogP contribution in [0.15, 0.2) is 24.3 Å². The Morgan fingerprint density at radius 3 is 2.86 bits per heavy atom. The van der Waals surface area contributed by atoms with Gasteiger partial charge in [0.25, 0.3) is 0 Å². The van der Waals surface area contributed by atoms with Gasteiger partial charge in [0.2, 0.25) is 0 Å². The molecule has 0 bridgehead atoms. The van der Waals surface area contributed by atoms with Crippen LogP contribution in [0.3, 0.4) is 0 Å². The lowest BCUT2D eigenvalue weighted by Gasteiger charge is -2.08. The van der Waals surface area contributed by atoms with Crippen LogP contribution in [-0.4, -0.2) is 25.5 Å². The fourth-order valence-corrected chi connectivity index (χ4v) is 1.73. The largest absolute Gasteiger partial charge is 0.258 e. The average Bonchev–Trinajstić information content (AvgIpc) is 2.60. The number of benzene rings is 1. The topological polar surface area (TPSA) is 47.8 Å². The molecule has 1 aromatic heterocycles. The van der Waals surface area contributed by atoms with Crippen molar-refractivity contribution in [1.29, 1.82) is 0 Å². The highest BCUT2D eigenvalue weighted by Crippen LogP contribution is 2.16. The predicted molar refractivity (Wildman–Crippen MR) is 56.3 cm³/mol. The van der Waals surface area contributed by atoms with Gasteiger partial charge in [0.15, 0.2) is 0 Å². The number of rotatable bonds is 2. The van der Waals surface area contributed by atoms with Gasteiger partial charge in [0.05, 0.1) is 5.52 Å². The van der Waals surface area contributed by atoms with E-state index in [2.05, 4.69) is 10.3 Å². The molecule has 0 amide bonds. The molecule has 0 aliphatic carbocycles. The smallest absolute Gasteiger partial charge is 0.126 e. The Bertz CT molecular complexity index is 480. The summed E-state index contributed by atoms with van der Waals surface area (Å²) in [6, 6.07) is 7.66. The summed E-state index contributed by atoms with van der Waals surface area (Å²) < 4.78 is 13.0. The summed E-state index contributed by atoms with van der Waals surface area (Å²) in [6.07, 6.45) is 1.67. The first-order valence-corrected chi connectivity index (χ1v) is 5.94. The fraction of sp³-hybridized carbons (Fsp3) is 0.333. The van der Waals surface area contributed by atoms with Gasteiger partial charge in [-0.15, -0.1) is 5.10 Å². The van der Waals surface area contributed by atoms with E-state index in [1.165, 1.54) is 0 Å². The van der Waals surface area contributed by atoms with Gasteiger partial charge in [-0.3, -0.25) is 4.21 Å². The zero-order chi connectivity index (χ0) is 10.1. The van der Waals surface area contributed by atoms with E-state index in [9.17, 15) is 4.21 Å². The Morgan fingerprint density at radius 1 is 1.43 bits per heavy atom. The summed E-state index contributed by atoms with van der Waals surface area (Å²) >= 11 is 0. The summed E-state index contributed by atoms with van der Waals surface area (Å²) in [5.41, 5.74) is 1.76. The molecule has 0 saturated carbocycles. The SMILES string of the molecule is CC(n1nnc2ccccc21)S(C)=O. The summed E-state index contributed by atoms with van der Waals surface area (Å²) in [4.78, 5) is 0.